The van der Waals surface area contributed by atoms with Gasteiger partial charge in [-0.05, 0) is 49.4 Å². The predicted molar refractivity (Wildman–Crippen MR) is 200 cm³/mol. The van der Waals surface area contributed by atoms with Crippen molar-refractivity contribution in [3.63, 3.8) is 0 Å². The highest BCUT2D eigenvalue weighted by Gasteiger charge is 2.40. The third kappa shape index (κ3) is 10.4. The summed E-state index contributed by atoms with van der Waals surface area (Å²) < 4.78 is 58.0. The highest BCUT2D eigenvalue weighted by Crippen LogP contribution is 2.38. The fraction of sp³-hybridized carbons (Fsp3) is 0.475. The van der Waals surface area contributed by atoms with Crippen molar-refractivity contribution in [2.24, 2.45) is 11.8 Å². The van der Waals surface area contributed by atoms with Gasteiger partial charge in [-0.1, -0.05) is 30.3 Å². The Morgan fingerprint density at radius 1 is 1.05 bits per heavy atom. The molecule has 0 bridgehead atoms. The number of nitrogens with zero attached hydrogens (tertiary/aromatic N) is 4. The molecule has 300 valence electrons. The SMILES string of the molecule is C[C@@H](CNC(=O)CCOCCN1C(=O)C=CC1=O)NC(=O)N(C[C@@H]1CNC[C@@H]1F)C(c1nc(-c2cc(F)ccc2F)cn1Cc1ccccc1)C1CCOCC1. The standard InChI is InChI=1S/C40H48F3N7O6/c1-26(20-45-35(51)13-17-56-18-14-49-36(52)9-10-37(49)53)46-40(54)50(24-29-21-44-22-33(29)43)38(28-11-15-55-16-12-28)39-47-34(31-19-30(41)7-8-32(31)42)25-48(39)23-27-5-3-2-4-6-27/h2-10,19,25-26,28-29,33,38,44H,11-18,20-24H2,1H3,(H,45,51)(H,46,54)/t26-,29-,33-,38?/m0/s1. The molecule has 3 aliphatic rings. The summed E-state index contributed by atoms with van der Waals surface area (Å²) >= 11 is 0. The second-order valence-electron chi connectivity index (χ2n) is 14.4. The van der Waals surface area contributed by atoms with Crippen molar-refractivity contribution in [1.82, 2.24) is 35.3 Å². The van der Waals surface area contributed by atoms with Crippen molar-refractivity contribution < 1.29 is 41.8 Å². The number of carbonyl (C=O) groups excluding carboxylic acids is 4. The molecule has 0 aliphatic carbocycles. The monoisotopic (exact) mass is 779 g/mol. The number of imide groups is 1. The first kappa shape index (κ1) is 40.6. The Hall–Kier alpha value is -5.06. The van der Waals surface area contributed by atoms with Gasteiger partial charge in [-0.15, -0.1) is 0 Å². The van der Waals surface area contributed by atoms with Crippen molar-refractivity contribution in [3.8, 4) is 11.3 Å². The van der Waals surface area contributed by atoms with Gasteiger partial charge in [0.2, 0.25) is 5.91 Å². The van der Waals surface area contributed by atoms with Gasteiger partial charge in [0.1, 0.15) is 23.6 Å². The molecule has 56 heavy (non-hydrogen) atoms. The Morgan fingerprint density at radius 3 is 2.52 bits per heavy atom. The Morgan fingerprint density at radius 2 is 1.80 bits per heavy atom. The van der Waals surface area contributed by atoms with E-state index in [1.165, 1.54) is 12.2 Å². The van der Waals surface area contributed by atoms with Crippen LogP contribution in [0.25, 0.3) is 11.3 Å². The van der Waals surface area contributed by atoms with E-state index in [2.05, 4.69) is 16.0 Å². The maximum atomic E-state index is 15.3. The lowest BCUT2D eigenvalue weighted by atomic mass is 9.89. The molecule has 0 saturated carbocycles. The second kappa shape index (κ2) is 19.2. The Labute approximate surface area is 323 Å². The van der Waals surface area contributed by atoms with Crippen LogP contribution in [0.4, 0.5) is 18.0 Å². The van der Waals surface area contributed by atoms with E-state index in [0.29, 0.717) is 45.0 Å². The van der Waals surface area contributed by atoms with Gasteiger partial charge in [0.25, 0.3) is 11.8 Å². The lowest BCUT2D eigenvalue weighted by Crippen LogP contribution is -2.52. The lowest BCUT2D eigenvalue weighted by molar-refractivity contribution is -0.138. The zero-order valence-corrected chi connectivity index (χ0v) is 31.3. The molecule has 3 aliphatic heterocycles. The van der Waals surface area contributed by atoms with Gasteiger partial charge >= 0.3 is 6.03 Å². The molecule has 13 nitrogen and oxygen atoms in total. The van der Waals surface area contributed by atoms with Crippen molar-refractivity contribution in [2.45, 2.75) is 51.0 Å². The number of alkyl halides is 1. The molecule has 3 N–H and O–H groups in total. The highest BCUT2D eigenvalue weighted by molar-refractivity contribution is 6.12. The van der Waals surface area contributed by atoms with Crippen LogP contribution in [-0.4, -0.2) is 114 Å². The molecule has 1 aromatic heterocycles. The van der Waals surface area contributed by atoms with Crippen molar-refractivity contribution in [1.29, 1.82) is 0 Å². The average Bonchev–Trinajstić information content (AvgIpc) is 3.89. The third-order valence-electron chi connectivity index (χ3n) is 10.3. The quantitative estimate of drug-likeness (QED) is 0.139. The van der Waals surface area contributed by atoms with Crippen LogP contribution >= 0.6 is 0 Å². The topological polar surface area (TPSA) is 147 Å². The fourth-order valence-corrected chi connectivity index (χ4v) is 7.26. The molecule has 2 saturated heterocycles. The molecule has 2 fully saturated rings. The van der Waals surface area contributed by atoms with Gasteiger partial charge in [-0.25, -0.2) is 22.9 Å². The largest absolute Gasteiger partial charge is 0.381 e. The first-order valence-electron chi connectivity index (χ1n) is 19.0. The zero-order valence-electron chi connectivity index (χ0n) is 31.3. The smallest absolute Gasteiger partial charge is 0.318 e. The average molecular weight is 780 g/mol. The van der Waals surface area contributed by atoms with Crippen LogP contribution in [0.1, 0.15) is 43.6 Å². The van der Waals surface area contributed by atoms with Crippen LogP contribution in [0, 0.1) is 23.5 Å². The molecular formula is C40H48F3N7O6. The molecule has 1 unspecified atom stereocenters. The van der Waals surface area contributed by atoms with Crippen LogP contribution < -0.4 is 16.0 Å². The minimum absolute atomic E-state index is 0.0175. The van der Waals surface area contributed by atoms with Crippen molar-refractivity contribution in [3.05, 3.63) is 89.9 Å². The van der Waals surface area contributed by atoms with E-state index in [0.717, 1.165) is 28.7 Å². The van der Waals surface area contributed by atoms with Crippen molar-refractivity contribution >= 4 is 23.8 Å². The zero-order chi connectivity index (χ0) is 39.6. The summed E-state index contributed by atoms with van der Waals surface area (Å²) in [7, 11) is 0. The summed E-state index contributed by atoms with van der Waals surface area (Å²) in [6.07, 6.45) is 4.02. The highest BCUT2D eigenvalue weighted by atomic mass is 19.1. The molecule has 5 amide bonds. The Kier molecular flexibility index (Phi) is 13.9. The van der Waals surface area contributed by atoms with Crippen LogP contribution in [-0.2, 0) is 30.4 Å². The van der Waals surface area contributed by atoms with Crippen LogP contribution in [0.15, 0.2) is 66.9 Å². The molecule has 6 rings (SSSR count). The summed E-state index contributed by atoms with van der Waals surface area (Å²) in [6, 6.07) is 11.0. The molecule has 2 aromatic carbocycles. The summed E-state index contributed by atoms with van der Waals surface area (Å²) in [4.78, 5) is 58.1. The van der Waals surface area contributed by atoms with Gasteiger partial charge in [-0.3, -0.25) is 19.3 Å². The molecule has 4 atom stereocenters. The number of halogens is 3. The van der Waals surface area contributed by atoms with E-state index in [1.807, 2.05) is 34.9 Å². The number of hydrogen-bond acceptors (Lipinski definition) is 8. The van der Waals surface area contributed by atoms with Gasteiger partial charge < -0.3 is 34.9 Å². The van der Waals surface area contributed by atoms with E-state index in [4.69, 9.17) is 14.5 Å². The van der Waals surface area contributed by atoms with E-state index in [-0.39, 0.29) is 68.9 Å². The Bertz CT molecular complexity index is 1850. The van der Waals surface area contributed by atoms with Crippen LogP contribution in [0.3, 0.4) is 0 Å². The summed E-state index contributed by atoms with van der Waals surface area (Å²) in [5.41, 5.74) is 1.10. The van der Waals surface area contributed by atoms with Crippen LogP contribution in [0.2, 0.25) is 0 Å². The number of benzene rings is 2. The van der Waals surface area contributed by atoms with E-state index in [9.17, 15) is 23.6 Å². The molecule has 0 radical (unpaired) electrons. The molecule has 3 aromatic rings. The number of nitrogens with one attached hydrogen (secondary N) is 3. The molecule has 16 heteroatoms. The van der Waals surface area contributed by atoms with E-state index >= 15 is 8.78 Å². The first-order chi connectivity index (χ1) is 27.1. The van der Waals surface area contributed by atoms with Gasteiger partial charge in [0, 0.05) is 88.2 Å². The number of amides is 5. The number of urea groups is 1. The van der Waals surface area contributed by atoms with E-state index in [1.54, 1.807) is 18.0 Å². The lowest BCUT2D eigenvalue weighted by Gasteiger charge is -2.40. The molecular weight excluding hydrogens is 731 g/mol. The van der Waals surface area contributed by atoms with Gasteiger partial charge in [-0.2, -0.15) is 0 Å². The molecule has 4 heterocycles. The van der Waals surface area contributed by atoms with Crippen LogP contribution in [0.5, 0.6) is 0 Å². The van der Waals surface area contributed by atoms with E-state index < -0.39 is 53.7 Å². The summed E-state index contributed by atoms with van der Waals surface area (Å²) in [5.74, 6) is -2.64. The normalized spacial score (nSPS) is 19.7. The number of aromatic nitrogens is 2. The maximum Gasteiger partial charge on any atom is 0.318 e. The maximum absolute atomic E-state index is 15.3. The summed E-state index contributed by atoms with van der Waals surface area (Å²) in [5, 5.41) is 8.87. The van der Waals surface area contributed by atoms with Gasteiger partial charge in [0.05, 0.1) is 31.5 Å². The third-order valence-corrected chi connectivity index (χ3v) is 10.3. The number of carbonyl (C=O) groups is 4. The first-order valence-corrected chi connectivity index (χ1v) is 19.0. The minimum Gasteiger partial charge on any atom is -0.381 e. The number of hydrogen-bond donors (Lipinski definition) is 3. The molecule has 0 spiro atoms. The summed E-state index contributed by atoms with van der Waals surface area (Å²) in [6.45, 7) is 3.83. The van der Waals surface area contributed by atoms with Crippen molar-refractivity contribution in [2.75, 3.05) is 59.2 Å². The number of imidazole rings is 1. The Balaban J connectivity index is 1.21. The predicted octanol–water partition coefficient (Wildman–Crippen LogP) is 3.75. The van der Waals surface area contributed by atoms with Gasteiger partial charge in [0.15, 0.2) is 0 Å². The second-order valence-corrected chi connectivity index (χ2v) is 14.4. The fourth-order valence-electron chi connectivity index (χ4n) is 7.26. The number of ether oxygens (including phenoxy) is 2. The number of rotatable bonds is 17. The minimum atomic E-state index is -1.20.